The van der Waals surface area contributed by atoms with Crippen LogP contribution in [0.2, 0.25) is 0 Å². The molecule has 0 aliphatic carbocycles. The van der Waals surface area contributed by atoms with E-state index in [1.807, 2.05) is 29.2 Å². The largest absolute Gasteiger partial charge is 0.345 e. The molecule has 0 spiro atoms. The fourth-order valence-corrected chi connectivity index (χ4v) is 2.26. The fraction of sp³-hybridized carbons (Fsp3) is 0.375. The molecule has 0 saturated carbocycles. The van der Waals surface area contributed by atoms with E-state index in [4.69, 9.17) is 0 Å². The van der Waals surface area contributed by atoms with E-state index in [2.05, 4.69) is 23.8 Å². The van der Waals surface area contributed by atoms with E-state index in [0.29, 0.717) is 0 Å². The van der Waals surface area contributed by atoms with Crippen LogP contribution in [-0.2, 0) is 0 Å². The van der Waals surface area contributed by atoms with Crippen molar-refractivity contribution in [2.75, 3.05) is 13.1 Å². The first kappa shape index (κ1) is 14.3. The van der Waals surface area contributed by atoms with Gasteiger partial charge in [-0.25, -0.2) is 4.98 Å². The van der Waals surface area contributed by atoms with Crippen molar-refractivity contribution in [1.29, 1.82) is 0 Å². The molecule has 2 rings (SSSR count). The molecular formula is C16H21N3O. The Bertz CT molecular complexity index is 543. The van der Waals surface area contributed by atoms with Crippen molar-refractivity contribution in [2.24, 2.45) is 0 Å². The number of rotatable bonds is 6. The number of carbonyl (C=O) groups excluding carboxylic acids is 1. The van der Waals surface area contributed by atoms with Crippen LogP contribution >= 0.6 is 0 Å². The maximum Gasteiger partial charge on any atom is 0.253 e. The third kappa shape index (κ3) is 3.26. The van der Waals surface area contributed by atoms with Gasteiger partial charge in [0.15, 0.2) is 0 Å². The van der Waals surface area contributed by atoms with Crippen LogP contribution in [0.3, 0.4) is 0 Å². The molecule has 1 aromatic carbocycles. The van der Waals surface area contributed by atoms with Crippen molar-refractivity contribution in [1.82, 2.24) is 14.9 Å². The van der Waals surface area contributed by atoms with Gasteiger partial charge in [-0.3, -0.25) is 4.79 Å². The summed E-state index contributed by atoms with van der Waals surface area (Å²) in [7, 11) is 0. The standard InChI is InChI=1S/C16H21N3O/c1-3-10-19(11-4-2)16(20)14-7-5-6-13(12-14)15-17-8-9-18-15/h5-9,12H,3-4,10-11H2,1-2H3,(H,17,18). The fourth-order valence-electron chi connectivity index (χ4n) is 2.26. The van der Waals surface area contributed by atoms with E-state index in [0.717, 1.165) is 42.9 Å². The van der Waals surface area contributed by atoms with Gasteiger partial charge in [0.25, 0.3) is 5.91 Å². The Kier molecular flexibility index (Phi) is 4.93. The van der Waals surface area contributed by atoms with E-state index in [-0.39, 0.29) is 5.91 Å². The quantitative estimate of drug-likeness (QED) is 0.876. The monoisotopic (exact) mass is 271 g/mol. The first-order valence-corrected chi connectivity index (χ1v) is 7.15. The van der Waals surface area contributed by atoms with Crippen LogP contribution in [0.1, 0.15) is 37.0 Å². The van der Waals surface area contributed by atoms with E-state index in [1.165, 1.54) is 0 Å². The van der Waals surface area contributed by atoms with Crippen LogP contribution in [0.5, 0.6) is 0 Å². The highest BCUT2D eigenvalue weighted by Gasteiger charge is 2.15. The molecule has 0 fully saturated rings. The molecule has 0 unspecified atom stereocenters. The lowest BCUT2D eigenvalue weighted by Crippen LogP contribution is -2.32. The van der Waals surface area contributed by atoms with Crippen molar-refractivity contribution >= 4 is 5.91 Å². The number of aromatic nitrogens is 2. The molecule has 1 heterocycles. The summed E-state index contributed by atoms with van der Waals surface area (Å²) in [6, 6.07) is 7.63. The molecule has 1 N–H and O–H groups in total. The molecule has 0 bridgehead atoms. The highest BCUT2D eigenvalue weighted by atomic mass is 16.2. The van der Waals surface area contributed by atoms with Crippen LogP contribution in [0.25, 0.3) is 11.4 Å². The molecule has 4 heteroatoms. The lowest BCUT2D eigenvalue weighted by atomic mass is 10.1. The van der Waals surface area contributed by atoms with Gasteiger partial charge in [-0.1, -0.05) is 26.0 Å². The number of aromatic amines is 1. The smallest absolute Gasteiger partial charge is 0.253 e. The summed E-state index contributed by atoms with van der Waals surface area (Å²) in [4.78, 5) is 21.7. The summed E-state index contributed by atoms with van der Waals surface area (Å²) in [5.74, 6) is 0.888. The number of benzene rings is 1. The maximum absolute atomic E-state index is 12.5. The second-order valence-electron chi connectivity index (χ2n) is 4.81. The molecule has 0 aliphatic rings. The Morgan fingerprint density at radius 3 is 2.60 bits per heavy atom. The van der Waals surface area contributed by atoms with Crippen molar-refractivity contribution in [3.05, 3.63) is 42.2 Å². The van der Waals surface area contributed by atoms with Gasteiger partial charge in [0.2, 0.25) is 0 Å². The second kappa shape index (κ2) is 6.89. The Labute approximate surface area is 119 Å². The van der Waals surface area contributed by atoms with Crippen LogP contribution in [0, 0.1) is 0 Å². The number of amides is 1. The van der Waals surface area contributed by atoms with Gasteiger partial charge in [0.05, 0.1) is 0 Å². The van der Waals surface area contributed by atoms with E-state index in [1.54, 1.807) is 12.4 Å². The summed E-state index contributed by atoms with van der Waals surface area (Å²) in [5.41, 5.74) is 1.66. The molecule has 1 aromatic heterocycles. The number of nitrogens with one attached hydrogen (secondary N) is 1. The number of imidazole rings is 1. The molecule has 0 aliphatic heterocycles. The van der Waals surface area contributed by atoms with Crippen molar-refractivity contribution < 1.29 is 4.79 Å². The van der Waals surface area contributed by atoms with Gasteiger partial charge in [-0.2, -0.15) is 0 Å². The molecule has 4 nitrogen and oxygen atoms in total. The normalized spacial score (nSPS) is 10.5. The van der Waals surface area contributed by atoms with Gasteiger partial charge in [-0.15, -0.1) is 0 Å². The average molecular weight is 271 g/mol. The molecule has 0 saturated heterocycles. The predicted octanol–water partition coefficient (Wildman–Crippen LogP) is 3.34. The molecule has 1 amide bonds. The van der Waals surface area contributed by atoms with Gasteiger partial charge in [0, 0.05) is 36.6 Å². The lowest BCUT2D eigenvalue weighted by Gasteiger charge is -2.21. The number of carbonyl (C=O) groups is 1. The Hall–Kier alpha value is -2.10. The second-order valence-corrected chi connectivity index (χ2v) is 4.81. The predicted molar refractivity (Wildman–Crippen MR) is 80.5 cm³/mol. The first-order chi connectivity index (χ1) is 9.76. The molecular weight excluding hydrogens is 250 g/mol. The van der Waals surface area contributed by atoms with Crippen LogP contribution in [-0.4, -0.2) is 33.9 Å². The Morgan fingerprint density at radius 2 is 2.00 bits per heavy atom. The highest BCUT2D eigenvalue weighted by Crippen LogP contribution is 2.17. The van der Waals surface area contributed by atoms with Crippen LogP contribution in [0.15, 0.2) is 36.7 Å². The third-order valence-corrected chi connectivity index (χ3v) is 3.16. The van der Waals surface area contributed by atoms with Gasteiger partial charge in [0.1, 0.15) is 5.82 Å². The Morgan fingerprint density at radius 1 is 1.25 bits per heavy atom. The summed E-state index contributed by atoms with van der Waals surface area (Å²) < 4.78 is 0. The highest BCUT2D eigenvalue weighted by molar-refractivity contribution is 5.95. The minimum atomic E-state index is 0.0992. The molecule has 2 aromatic rings. The van der Waals surface area contributed by atoms with Gasteiger partial charge < -0.3 is 9.88 Å². The van der Waals surface area contributed by atoms with Crippen LogP contribution in [0.4, 0.5) is 0 Å². The molecule has 106 valence electrons. The molecule has 20 heavy (non-hydrogen) atoms. The first-order valence-electron chi connectivity index (χ1n) is 7.15. The zero-order valence-electron chi connectivity index (χ0n) is 12.1. The SMILES string of the molecule is CCCN(CCC)C(=O)c1cccc(-c2ncc[nH]2)c1. The summed E-state index contributed by atoms with van der Waals surface area (Å²) in [6.45, 7) is 5.79. The third-order valence-electron chi connectivity index (χ3n) is 3.16. The topological polar surface area (TPSA) is 49.0 Å². The lowest BCUT2D eigenvalue weighted by molar-refractivity contribution is 0.0755. The minimum absolute atomic E-state index is 0.0992. The molecule has 0 atom stereocenters. The number of nitrogens with zero attached hydrogens (tertiary/aromatic N) is 2. The zero-order chi connectivity index (χ0) is 14.4. The summed E-state index contributed by atoms with van der Waals surface area (Å²) in [6.07, 6.45) is 5.45. The summed E-state index contributed by atoms with van der Waals surface area (Å²) in [5, 5.41) is 0. The Balaban J connectivity index is 2.23. The average Bonchev–Trinajstić information content (AvgIpc) is 3.01. The van der Waals surface area contributed by atoms with Crippen LogP contribution < -0.4 is 0 Å². The van der Waals surface area contributed by atoms with Crippen molar-refractivity contribution in [3.8, 4) is 11.4 Å². The van der Waals surface area contributed by atoms with Crippen molar-refractivity contribution in [2.45, 2.75) is 26.7 Å². The van der Waals surface area contributed by atoms with E-state index in [9.17, 15) is 4.79 Å². The minimum Gasteiger partial charge on any atom is -0.345 e. The maximum atomic E-state index is 12.5. The van der Waals surface area contributed by atoms with Gasteiger partial charge >= 0.3 is 0 Å². The zero-order valence-corrected chi connectivity index (χ0v) is 12.1. The number of H-pyrrole nitrogens is 1. The number of hydrogen-bond acceptors (Lipinski definition) is 2. The number of hydrogen-bond donors (Lipinski definition) is 1. The van der Waals surface area contributed by atoms with Crippen molar-refractivity contribution in [3.63, 3.8) is 0 Å². The molecule has 0 radical (unpaired) electrons. The van der Waals surface area contributed by atoms with E-state index >= 15 is 0 Å². The van der Waals surface area contributed by atoms with Gasteiger partial charge in [-0.05, 0) is 25.0 Å². The van der Waals surface area contributed by atoms with E-state index < -0.39 is 0 Å². The summed E-state index contributed by atoms with van der Waals surface area (Å²) >= 11 is 0.